The van der Waals surface area contributed by atoms with Gasteiger partial charge in [0.2, 0.25) is 0 Å². The predicted octanol–water partition coefficient (Wildman–Crippen LogP) is 3.51. The molecule has 3 rings (SSSR count). The van der Waals surface area contributed by atoms with Crippen molar-refractivity contribution >= 4 is 10.8 Å². The highest BCUT2D eigenvalue weighted by molar-refractivity contribution is 5.87. The average Bonchev–Trinajstić information content (AvgIpc) is 3.03. The minimum atomic E-state index is 0.387. The van der Waals surface area contributed by atoms with Crippen molar-refractivity contribution in [1.82, 2.24) is 5.32 Å². The van der Waals surface area contributed by atoms with Gasteiger partial charge in [-0.2, -0.15) is 0 Å². The minimum absolute atomic E-state index is 0.387. The van der Waals surface area contributed by atoms with Crippen molar-refractivity contribution < 1.29 is 9.47 Å². The van der Waals surface area contributed by atoms with Crippen molar-refractivity contribution in [2.24, 2.45) is 0 Å². The fourth-order valence-corrected chi connectivity index (χ4v) is 2.98. The van der Waals surface area contributed by atoms with Crippen LogP contribution in [0.4, 0.5) is 0 Å². The van der Waals surface area contributed by atoms with E-state index in [1.165, 1.54) is 29.2 Å². The lowest BCUT2D eigenvalue weighted by Crippen LogP contribution is -2.13. The Balaban J connectivity index is 1.75. The van der Waals surface area contributed by atoms with Crippen molar-refractivity contribution in [2.45, 2.75) is 31.9 Å². The maximum atomic E-state index is 6.04. The predicted molar refractivity (Wildman–Crippen MR) is 85.8 cm³/mol. The largest absolute Gasteiger partial charge is 0.493 e. The highest BCUT2D eigenvalue weighted by atomic mass is 16.5. The molecule has 0 aliphatic carbocycles. The van der Waals surface area contributed by atoms with E-state index in [-0.39, 0.29) is 0 Å². The summed E-state index contributed by atoms with van der Waals surface area (Å²) < 4.78 is 11.7. The quantitative estimate of drug-likeness (QED) is 0.881. The second-order valence-corrected chi connectivity index (χ2v) is 5.57. The van der Waals surface area contributed by atoms with Crippen LogP contribution in [0.5, 0.6) is 5.75 Å². The highest BCUT2D eigenvalue weighted by Crippen LogP contribution is 2.28. The lowest BCUT2D eigenvalue weighted by atomic mass is 10.0. The van der Waals surface area contributed by atoms with Crippen LogP contribution in [-0.2, 0) is 11.3 Å². The molecule has 3 heteroatoms. The van der Waals surface area contributed by atoms with Crippen LogP contribution in [0.1, 0.15) is 24.8 Å². The summed E-state index contributed by atoms with van der Waals surface area (Å²) in [5, 5.41) is 5.77. The van der Waals surface area contributed by atoms with Gasteiger partial charge in [-0.1, -0.05) is 30.3 Å². The number of hydrogen-bond acceptors (Lipinski definition) is 3. The van der Waals surface area contributed by atoms with Crippen LogP contribution in [-0.4, -0.2) is 26.4 Å². The molecule has 1 heterocycles. The molecule has 0 spiro atoms. The summed E-state index contributed by atoms with van der Waals surface area (Å²) in [5.74, 6) is 0.987. The third-order valence-electron chi connectivity index (χ3n) is 4.07. The Bertz CT molecular complexity index is 591. The molecule has 0 bridgehead atoms. The standard InChI is InChI=1S/C18H23NO2/c1-19-13-17-16-7-3-2-5-14(16)8-9-18(17)21-12-10-15-6-4-11-20-15/h2-3,5,7-9,15,19H,4,6,10-13H2,1H3. The SMILES string of the molecule is CNCc1c(OCCC2CCCO2)ccc2ccccc12. The van der Waals surface area contributed by atoms with Gasteiger partial charge >= 0.3 is 0 Å². The van der Waals surface area contributed by atoms with Crippen LogP contribution in [0.15, 0.2) is 36.4 Å². The first-order chi connectivity index (χ1) is 10.4. The zero-order valence-electron chi connectivity index (χ0n) is 12.6. The average molecular weight is 285 g/mol. The van der Waals surface area contributed by atoms with Crippen LogP contribution in [0, 0.1) is 0 Å². The van der Waals surface area contributed by atoms with Crippen LogP contribution < -0.4 is 10.1 Å². The Morgan fingerprint density at radius 1 is 1.24 bits per heavy atom. The molecule has 1 unspecified atom stereocenters. The van der Waals surface area contributed by atoms with E-state index in [0.29, 0.717) is 6.10 Å². The lowest BCUT2D eigenvalue weighted by molar-refractivity contribution is 0.0902. The molecule has 112 valence electrons. The van der Waals surface area contributed by atoms with Gasteiger partial charge in [0, 0.05) is 25.1 Å². The molecule has 1 N–H and O–H groups in total. The molecule has 1 fully saturated rings. The van der Waals surface area contributed by atoms with Gasteiger partial charge in [-0.3, -0.25) is 0 Å². The smallest absolute Gasteiger partial charge is 0.124 e. The zero-order chi connectivity index (χ0) is 14.5. The van der Waals surface area contributed by atoms with Crippen LogP contribution >= 0.6 is 0 Å². The van der Waals surface area contributed by atoms with Crippen molar-refractivity contribution in [3.63, 3.8) is 0 Å². The van der Waals surface area contributed by atoms with Crippen LogP contribution in [0.25, 0.3) is 10.8 Å². The molecule has 0 saturated carbocycles. The second kappa shape index (κ2) is 6.92. The Labute approximate surface area is 126 Å². The molecule has 0 amide bonds. The number of hydrogen-bond donors (Lipinski definition) is 1. The highest BCUT2D eigenvalue weighted by Gasteiger charge is 2.15. The number of benzene rings is 2. The van der Waals surface area contributed by atoms with Gasteiger partial charge in [0.1, 0.15) is 5.75 Å². The Kier molecular flexibility index (Phi) is 4.73. The van der Waals surface area contributed by atoms with Crippen LogP contribution in [0.2, 0.25) is 0 Å². The summed E-state index contributed by atoms with van der Waals surface area (Å²) in [5.41, 5.74) is 1.24. The van der Waals surface area contributed by atoms with E-state index in [4.69, 9.17) is 9.47 Å². The molecule has 2 aromatic rings. The zero-order valence-corrected chi connectivity index (χ0v) is 12.6. The van der Waals surface area contributed by atoms with Gasteiger partial charge in [-0.25, -0.2) is 0 Å². The summed E-state index contributed by atoms with van der Waals surface area (Å²) in [6, 6.07) is 12.7. The van der Waals surface area contributed by atoms with Crippen molar-refractivity contribution in [2.75, 3.05) is 20.3 Å². The first-order valence-electron chi connectivity index (χ1n) is 7.78. The van der Waals surface area contributed by atoms with E-state index < -0.39 is 0 Å². The molecule has 1 aliphatic heterocycles. The molecule has 21 heavy (non-hydrogen) atoms. The summed E-state index contributed by atoms with van der Waals surface area (Å²) >= 11 is 0. The minimum Gasteiger partial charge on any atom is -0.493 e. The monoisotopic (exact) mass is 285 g/mol. The molecular formula is C18H23NO2. The van der Waals surface area contributed by atoms with Gasteiger partial charge in [-0.05, 0) is 36.7 Å². The Morgan fingerprint density at radius 3 is 2.95 bits per heavy atom. The molecule has 0 aromatic heterocycles. The van der Waals surface area contributed by atoms with E-state index in [2.05, 4.69) is 41.7 Å². The molecule has 1 atom stereocenters. The fourth-order valence-electron chi connectivity index (χ4n) is 2.98. The topological polar surface area (TPSA) is 30.5 Å². The summed E-state index contributed by atoms with van der Waals surface area (Å²) in [6.45, 7) is 2.45. The second-order valence-electron chi connectivity index (χ2n) is 5.57. The molecule has 3 nitrogen and oxygen atoms in total. The van der Waals surface area contributed by atoms with E-state index in [1.807, 2.05) is 7.05 Å². The maximum absolute atomic E-state index is 6.04. The molecule has 1 saturated heterocycles. The Morgan fingerprint density at radius 2 is 2.14 bits per heavy atom. The molecule has 2 aromatic carbocycles. The summed E-state index contributed by atoms with van der Waals surface area (Å²) in [4.78, 5) is 0. The van der Waals surface area contributed by atoms with Gasteiger partial charge in [0.15, 0.2) is 0 Å². The third-order valence-corrected chi connectivity index (χ3v) is 4.07. The van der Waals surface area contributed by atoms with Crippen molar-refractivity contribution in [1.29, 1.82) is 0 Å². The van der Waals surface area contributed by atoms with E-state index >= 15 is 0 Å². The van der Waals surface area contributed by atoms with Gasteiger partial charge in [0.25, 0.3) is 0 Å². The summed E-state index contributed by atoms with van der Waals surface area (Å²) in [7, 11) is 1.97. The number of fused-ring (bicyclic) bond motifs is 1. The third kappa shape index (κ3) is 3.36. The van der Waals surface area contributed by atoms with E-state index in [9.17, 15) is 0 Å². The Hall–Kier alpha value is -1.58. The number of nitrogens with one attached hydrogen (secondary N) is 1. The van der Waals surface area contributed by atoms with E-state index in [0.717, 1.165) is 31.9 Å². The molecule has 1 aliphatic rings. The van der Waals surface area contributed by atoms with Gasteiger partial charge in [0.05, 0.1) is 12.7 Å². The molecule has 0 radical (unpaired) electrons. The van der Waals surface area contributed by atoms with Crippen molar-refractivity contribution in [3.05, 3.63) is 42.0 Å². The maximum Gasteiger partial charge on any atom is 0.124 e. The normalized spacial score (nSPS) is 18.2. The fraction of sp³-hybridized carbons (Fsp3) is 0.444. The molecular weight excluding hydrogens is 262 g/mol. The number of ether oxygens (including phenoxy) is 2. The van der Waals surface area contributed by atoms with Gasteiger partial charge < -0.3 is 14.8 Å². The van der Waals surface area contributed by atoms with Crippen molar-refractivity contribution in [3.8, 4) is 5.75 Å². The van der Waals surface area contributed by atoms with Gasteiger partial charge in [-0.15, -0.1) is 0 Å². The first-order valence-corrected chi connectivity index (χ1v) is 7.78. The lowest BCUT2D eigenvalue weighted by Gasteiger charge is -2.15. The number of rotatable bonds is 6. The first kappa shape index (κ1) is 14.4. The summed E-state index contributed by atoms with van der Waals surface area (Å²) in [6.07, 6.45) is 3.72. The van der Waals surface area contributed by atoms with Crippen LogP contribution in [0.3, 0.4) is 0 Å². The van der Waals surface area contributed by atoms with E-state index in [1.54, 1.807) is 0 Å².